The molecule has 1 amide bonds. The lowest BCUT2D eigenvalue weighted by Gasteiger charge is -2.00. The molecule has 2 N–H and O–H groups in total. The summed E-state index contributed by atoms with van der Waals surface area (Å²) < 4.78 is 0. The highest BCUT2D eigenvalue weighted by atomic mass is 16.2. The van der Waals surface area contributed by atoms with Gasteiger partial charge in [0.25, 0.3) is 11.5 Å². The van der Waals surface area contributed by atoms with Crippen molar-refractivity contribution in [2.24, 2.45) is 0 Å². The zero-order chi connectivity index (χ0) is 15.1. The second-order valence-electron chi connectivity index (χ2n) is 5.03. The average Bonchev–Trinajstić information content (AvgIpc) is 2.84. The minimum absolute atomic E-state index is 0.197. The molecule has 1 aromatic heterocycles. The van der Waals surface area contributed by atoms with E-state index in [4.69, 9.17) is 0 Å². The average molecular weight is 289 g/mol. The number of amides is 1. The Morgan fingerprint density at radius 3 is 2.64 bits per heavy atom. The summed E-state index contributed by atoms with van der Waals surface area (Å²) in [7, 11) is 0. The summed E-state index contributed by atoms with van der Waals surface area (Å²) in [4.78, 5) is 31.3. The number of rotatable bonds is 1. The van der Waals surface area contributed by atoms with Crippen molar-refractivity contribution >= 4 is 34.1 Å². The summed E-state index contributed by atoms with van der Waals surface area (Å²) in [6.07, 6.45) is 1.61. The first-order valence-electron chi connectivity index (χ1n) is 6.84. The van der Waals surface area contributed by atoms with Gasteiger partial charge in [-0.1, -0.05) is 30.3 Å². The number of carbonyl (C=O) groups is 1. The van der Waals surface area contributed by atoms with Gasteiger partial charge in [-0.05, 0) is 24.3 Å². The molecule has 0 saturated carbocycles. The van der Waals surface area contributed by atoms with E-state index < -0.39 is 0 Å². The summed E-state index contributed by atoms with van der Waals surface area (Å²) >= 11 is 0. The second kappa shape index (κ2) is 4.66. The van der Waals surface area contributed by atoms with Crippen LogP contribution >= 0.6 is 0 Å². The molecule has 2 heterocycles. The van der Waals surface area contributed by atoms with Gasteiger partial charge in [-0.3, -0.25) is 9.59 Å². The lowest BCUT2D eigenvalue weighted by atomic mass is 10.1. The third-order valence-corrected chi connectivity index (χ3v) is 3.62. The van der Waals surface area contributed by atoms with Crippen molar-refractivity contribution in [2.45, 2.75) is 0 Å². The fourth-order valence-electron chi connectivity index (χ4n) is 2.59. The highest BCUT2D eigenvalue weighted by Crippen LogP contribution is 2.32. The number of aromatic nitrogens is 2. The van der Waals surface area contributed by atoms with E-state index in [0.717, 1.165) is 11.3 Å². The van der Waals surface area contributed by atoms with Crippen LogP contribution < -0.4 is 10.9 Å². The van der Waals surface area contributed by atoms with Gasteiger partial charge in [0, 0.05) is 11.3 Å². The number of nitrogens with zero attached hydrogens (tertiary/aromatic N) is 1. The molecule has 0 saturated heterocycles. The minimum Gasteiger partial charge on any atom is -0.321 e. The predicted octanol–water partition coefficient (Wildman–Crippen LogP) is 2.42. The third kappa shape index (κ3) is 1.91. The Morgan fingerprint density at radius 1 is 0.955 bits per heavy atom. The number of aromatic amines is 1. The van der Waals surface area contributed by atoms with E-state index in [2.05, 4.69) is 15.3 Å². The molecule has 1 aliphatic rings. The van der Waals surface area contributed by atoms with Gasteiger partial charge >= 0.3 is 0 Å². The van der Waals surface area contributed by atoms with Crippen LogP contribution in [-0.2, 0) is 4.79 Å². The Morgan fingerprint density at radius 2 is 1.73 bits per heavy atom. The van der Waals surface area contributed by atoms with Crippen LogP contribution in [0.1, 0.15) is 11.4 Å². The van der Waals surface area contributed by atoms with Crippen LogP contribution in [0.4, 0.5) is 5.69 Å². The lowest BCUT2D eigenvalue weighted by molar-refractivity contribution is -0.110. The highest BCUT2D eigenvalue weighted by molar-refractivity contribution is 6.34. The number of nitrogens with one attached hydrogen (secondary N) is 2. The van der Waals surface area contributed by atoms with Crippen molar-refractivity contribution in [3.05, 3.63) is 70.3 Å². The standard InChI is InChI=1S/C17H11N3O2/c21-16-11-6-2-4-8-14(11)18-15(20-16)9-12-10-5-1-3-7-13(10)19-17(12)22/h1-9H,(H,19,22)(H,18,20,21)/b12-9+. The Balaban J connectivity index is 1.90. The SMILES string of the molecule is O=C1Nc2ccccc2/C1=C\c1nc2ccccc2c(=O)[nH]1. The van der Waals surface area contributed by atoms with Gasteiger partial charge in [0.15, 0.2) is 0 Å². The lowest BCUT2D eigenvalue weighted by Crippen LogP contribution is -2.10. The molecule has 1 aliphatic heterocycles. The zero-order valence-electron chi connectivity index (χ0n) is 11.5. The molecule has 5 heteroatoms. The minimum atomic E-state index is -0.218. The van der Waals surface area contributed by atoms with Crippen molar-refractivity contribution in [3.63, 3.8) is 0 Å². The van der Waals surface area contributed by atoms with Gasteiger partial charge in [-0.25, -0.2) is 4.98 Å². The molecule has 4 rings (SSSR count). The summed E-state index contributed by atoms with van der Waals surface area (Å²) in [6.45, 7) is 0. The highest BCUT2D eigenvalue weighted by Gasteiger charge is 2.23. The Hall–Kier alpha value is -3.21. The summed E-state index contributed by atoms with van der Waals surface area (Å²) in [5, 5.41) is 3.32. The first-order valence-corrected chi connectivity index (χ1v) is 6.84. The fourth-order valence-corrected chi connectivity index (χ4v) is 2.59. The molecule has 0 radical (unpaired) electrons. The predicted molar refractivity (Wildman–Crippen MR) is 85.3 cm³/mol. The summed E-state index contributed by atoms with van der Waals surface area (Å²) in [5.74, 6) is 0.169. The molecule has 0 fully saturated rings. The number of anilines is 1. The van der Waals surface area contributed by atoms with Crippen LogP contribution in [-0.4, -0.2) is 15.9 Å². The number of fused-ring (bicyclic) bond motifs is 2. The van der Waals surface area contributed by atoms with Crippen molar-refractivity contribution in [1.29, 1.82) is 0 Å². The summed E-state index contributed by atoms with van der Waals surface area (Å²) in [6, 6.07) is 14.5. The van der Waals surface area contributed by atoms with Crippen molar-refractivity contribution in [1.82, 2.24) is 9.97 Å². The Labute approximate surface area is 125 Å². The largest absolute Gasteiger partial charge is 0.321 e. The number of H-pyrrole nitrogens is 1. The topological polar surface area (TPSA) is 74.8 Å². The number of hydrogen-bond acceptors (Lipinski definition) is 3. The maximum absolute atomic E-state index is 12.1. The molecule has 0 unspecified atom stereocenters. The van der Waals surface area contributed by atoms with Gasteiger partial charge in [0.2, 0.25) is 0 Å². The maximum atomic E-state index is 12.1. The van der Waals surface area contributed by atoms with Crippen LogP contribution in [0.5, 0.6) is 0 Å². The second-order valence-corrected chi connectivity index (χ2v) is 5.03. The number of benzene rings is 2. The van der Waals surface area contributed by atoms with Gasteiger partial charge in [-0.15, -0.1) is 0 Å². The quantitative estimate of drug-likeness (QED) is 0.676. The van der Waals surface area contributed by atoms with E-state index in [9.17, 15) is 9.59 Å². The first kappa shape index (κ1) is 12.5. The van der Waals surface area contributed by atoms with Gasteiger partial charge in [0.05, 0.1) is 16.5 Å². The van der Waals surface area contributed by atoms with E-state index in [1.165, 1.54) is 0 Å². The van der Waals surface area contributed by atoms with E-state index in [1.807, 2.05) is 30.3 Å². The number of carbonyl (C=O) groups excluding carboxylic acids is 1. The smallest absolute Gasteiger partial charge is 0.259 e. The first-order chi connectivity index (χ1) is 10.7. The van der Waals surface area contributed by atoms with Crippen LogP contribution in [0.3, 0.4) is 0 Å². The number of para-hydroxylation sites is 2. The van der Waals surface area contributed by atoms with Gasteiger partial charge < -0.3 is 10.3 Å². The molecule has 3 aromatic rings. The molecule has 0 spiro atoms. The molecular weight excluding hydrogens is 278 g/mol. The van der Waals surface area contributed by atoms with E-state index in [0.29, 0.717) is 22.3 Å². The Kier molecular flexibility index (Phi) is 2.66. The maximum Gasteiger partial charge on any atom is 0.259 e. The van der Waals surface area contributed by atoms with Crippen molar-refractivity contribution < 1.29 is 4.79 Å². The molecule has 5 nitrogen and oxygen atoms in total. The van der Waals surface area contributed by atoms with Crippen molar-refractivity contribution in [2.75, 3.05) is 5.32 Å². The molecule has 2 aromatic carbocycles. The van der Waals surface area contributed by atoms with Crippen LogP contribution in [0.25, 0.3) is 22.6 Å². The Bertz CT molecular complexity index is 1000. The molecule has 0 bridgehead atoms. The van der Waals surface area contributed by atoms with E-state index in [1.54, 1.807) is 24.3 Å². The zero-order valence-corrected chi connectivity index (χ0v) is 11.5. The third-order valence-electron chi connectivity index (χ3n) is 3.62. The molecular formula is C17H11N3O2. The summed E-state index contributed by atoms with van der Waals surface area (Å²) in [5.41, 5.74) is 2.45. The van der Waals surface area contributed by atoms with Crippen LogP contribution in [0.2, 0.25) is 0 Å². The van der Waals surface area contributed by atoms with Crippen LogP contribution in [0, 0.1) is 0 Å². The van der Waals surface area contributed by atoms with Crippen molar-refractivity contribution in [3.8, 4) is 0 Å². The fraction of sp³-hybridized carbons (Fsp3) is 0. The normalized spacial score (nSPS) is 15.1. The molecule has 0 aliphatic carbocycles. The molecule has 0 atom stereocenters. The van der Waals surface area contributed by atoms with Crippen LogP contribution in [0.15, 0.2) is 53.3 Å². The monoisotopic (exact) mass is 289 g/mol. The molecule has 106 valence electrons. The number of hydrogen-bond donors (Lipinski definition) is 2. The van der Waals surface area contributed by atoms with Gasteiger partial charge in [-0.2, -0.15) is 0 Å². The van der Waals surface area contributed by atoms with E-state index in [-0.39, 0.29) is 11.5 Å². The van der Waals surface area contributed by atoms with Gasteiger partial charge in [0.1, 0.15) is 5.82 Å². The van der Waals surface area contributed by atoms with E-state index >= 15 is 0 Å². The molecule has 22 heavy (non-hydrogen) atoms.